The van der Waals surface area contributed by atoms with Crippen LogP contribution in [0.1, 0.15) is 16.8 Å². The van der Waals surface area contributed by atoms with Gasteiger partial charge in [-0.15, -0.1) is 0 Å². The summed E-state index contributed by atoms with van der Waals surface area (Å²) < 4.78 is 44.9. The van der Waals surface area contributed by atoms with Gasteiger partial charge in [-0.1, -0.05) is 18.2 Å². The molecule has 0 unspecified atom stereocenters. The molecule has 0 saturated carbocycles. The number of ether oxygens (including phenoxy) is 2. The summed E-state index contributed by atoms with van der Waals surface area (Å²) in [5.74, 6) is -0.542. The Hall–Kier alpha value is -4.05. The molecule has 0 aliphatic heterocycles. The van der Waals surface area contributed by atoms with Gasteiger partial charge in [-0.25, -0.2) is 18.0 Å². The van der Waals surface area contributed by atoms with Crippen LogP contribution in [-0.4, -0.2) is 32.7 Å². The van der Waals surface area contributed by atoms with Crippen molar-refractivity contribution < 1.29 is 27.1 Å². The number of oxazole rings is 1. The lowest BCUT2D eigenvalue weighted by Crippen LogP contribution is -2.16. The van der Waals surface area contributed by atoms with Gasteiger partial charge in [0.1, 0.15) is 5.75 Å². The van der Waals surface area contributed by atoms with Crippen LogP contribution in [0, 0.1) is 0 Å². The van der Waals surface area contributed by atoms with Gasteiger partial charge in [0, 0.05) is 12.2 Å². The Balaban J connectivity index is 1.37. The summed E-state index contributed by atoms with van der Waals surface area (Å²) in [6, 6.07) is 19.1. The van der Waals surface area contributed by atoms with Crippen molar-refractivity contribution in [2.24, 2.45) is 0 Å². The number of sulfonamides is 1. The van der Waals surface area contributed by atoms with Crippen LogP contribution in [0.15, 0.2) is 86.9 Å². The first-order valence-electron chi connectivity index (χ1n) is 10.4. The zero-order valence-corrected chi connectivity index (χ0v) is 19.1. The average molecular weight is 483 g/mol. The molecule has 0 amide bonds. The van der Waals surface area contributed by atoms with Crippen LogP contribution in [0.25, 0.3) is 11.1 Å². The molecule has 0 spiro atoms. The maximum absolute atomic E-state index is 12.7. The molecular weight excluding hydrogens is 460 g/mol. The van der Waals surface area contributed by atoms with Gasteiger partial charge >= 0.3 is 11.7 Å². The highest BCUT2D eigenvalue weighted by Gasteiger charge is 2.17. The Kier molecular flexibility index (Phi) is 6.69. The Morgan fingerprint density at radius 3 is 2.56 bits per heavy atom. The molecule has 1 heterocycles. The van der Waals surface area contributed by atoms with Gasteiger partial charge in [0.05, 0.1) is 29.7 Å². The zero-order chi connectivity index (χ0) is 24.1. The van der Waals surface area contributed by atoms with E-state index in [0.29, 0.717) is 35.5 Å². The van der Waals surface area contributed by atoms with Crippen molar-refractivity contribution in [2.75, 3.05) is 18.4 Å². The largest absolute Gasteiger partial charge is 0.497 e. The standard InChI is InChI=1S/C24H22N2O7S/c1-31-19-12-10-18(11-13-19)25-34(29,30)20-7-4-6-17(16-20)23(27)32-15-5-14-26-21-8-2-3-9-22(21)33-24(26)28/h2-4,6-13,16,25H,5,14-15H2,1H3. The molecule has 4 aromatic rings. The molecule has 34 heavy (non-hydrogen) atoms. The van der Waals surface area contributed by atoms with E-state index in [0.717, 1.165) is 0 Å². The van der Waals surface area contributed by atoms with Crippen molar-refractivity contribution in [3.63, 3.8) is 0 Å². The number of nitrogens with one attached hydrogen (secondary N) is 1. The predicted molar refractivity (Wildman–Crippen MR) is 126 cm³/mol. The summed E-state index contributed by atoms with van der Waals surface area (Å²) in [4.78, 5) is 24.4. The van der Waals surface area contributed by atoms with Gasteiger partial charge in [0.2, 0.25) is 0 Å². The molecule has 0 aliphatic rings. The fourth-order valence-corrected chi connectivity index (χ4v) is 4.46. The second kappa shape index (κ2) is 9.84. The second-order valence-electron chi connectivity index (χ2n) is 7.34. The van der Waals surface area contributed by atoms with E-state index in [1.54, 1.807) is 48.5 Å². The van der Waals surface area contributed by atoms with E-state index < -0.39 is 21.7 Å². The smallest absolute Gasteiger partial charge is 0.419 e. The van der Waals surface area contributed by atoms with Crippen LogP contribution < -0.4 is 15.2 Å². The van der Waals surface area contributed by atoms with Crippen LogP contribution in [0.3, 0.4) is 0 Å². The third-order valence-corrected chi connectivity index (χ3v) is 6.43. The first-order chi connectivity index (χ1) is 16.4. The Bertz CT molecular complexity index is 1470. The van der Waals surface area contributed by atoms with Crippen molar-refractivity contribution >= 4 is 32.8 Å². The highest BCUT2D eigenvalue weighted by molar-refractivity contribution is 7.92. The number of methoxy groups -OCH3 is 1. The van der Waals surface area contributed by atoms with Crippen LogP contribution in [0.2, 0.25) is 0 Å². The van der Waals surface area contributed by atoms with E-state index in [-0.39, 0.29) is 17.1 Å². The summed E-state index contributed by atoms with van der Waals surface area (Å²) >= 11 is 0. The van der Waals surface area contributed by atoms with Crippen LogP contribution in [0.5, 0.6) is 5.75 Å². The van der Waals surface area contributed by atoms with Gasteiger partial charge in [-0.2, -0.15) is 0 Å². The Morgan fingerprint density at radius 2 is 1.79 bits per heavy atom. The van der Waals surface area contributed by atoms with Crippen molar-refractivity contribution in [3.8, 4) is 5.75 Å². The van der Waals surface area contributed by atoms with E-state index in [4.69, 9.17) is 13.9 Å². The fraction of sp³-hybridized carbons (Fsp3) is 0.167. The van der Waals surface area contributed by atoms with Crippen molar-refractivity contribution in [3.05, 3.63) is 88.9 Å². The lowest BCUT2D eigenvalue weighted by Gasteiger charge is -2.10. The summed E-state index contributed by atoms with van der Waals surface area (Å²) in [5, 5.41) is 0. The van der Waals surface area contributed by atoms with Gasteiger partial charge in [0.25, 0.3) is 10.0 Å². The number of nitrogens with zero attached hydrogens (tertiary/aromatic N) is 1. The van der Waals surface area contributed by atoms with Crippen LogP contribution in [-0.2, 0) is 21.3 Å². The third kappa shape index (κ3) is 5.12. The lowest BCUT2D eigenvalue weighted by molar-refractivity contribution is 0.0495. The van der Waals surface area contributed by atoms with Gasteiger partial charge in [-0.3, -0.25) is 9.29 Å². The predicted octanol–water partition coefficient (Wildman–Crippen LogP) is 3.65. The average Bonchev–Trinajstić information content (AvgIpc) is 3.17. The van der Waals surface area contributed by atoms with Crippen molar-refractivity contribution in [2.45, 2.75) is 17.9 Å². The van der Waals surface area contributed by atoms with E-state index in [9.17, 15) is 18.0 Å². The van der Waals surface area contributed by atoms with E-state index >= 15 is 0 Å². The number of fused-ring (bicyclic) bond motifs is 1. The SMILES string of the molecule is COc1ccc(NS(=O)(=O)c2cccc(C(=O)OCCCn3c(=O)oc4ccccc43)c2)cc1. The summed E-state index contributed by atoms with van der Waals surface area (Å²) in [5.41, 5.74) is 1.62. The normalized spacial score (nSPS) is 11.3. The quantitative estimate of drug-likeness (QED) is 0.286. The molecule has 0 aliphatic carbocycles. The summed E-state index contributed by atoms with van der Waals surface area (Å²) in [6.45, 7) is 0.356. The molecule has 0 bridgehead atoms. The maximum atomic E-state index is 12.7. The van der Waals surface area contributed by atoms with Gasteiger partial charge in [-0.05, 0) is 61.0 Å². The fourth-order valence-electron chi connectivity index (χ4n) is 3.36. The number of carbonyl (C=O) groups excluding carboxylic acids is 1. The van der Waals surface area contributed by atoms with Gasteiger partial charge in [0.15, 0.2) is 5.58 Å². The molecule has 3 aromatic carbocycles. The number of esters is 1. The molecule has 4 rings (SSSR count). The monoisotopic (exact) mass is 482 g/mol. The molecule has 0 radical (unpaired) electrons. The number of carbonyl (C=O) groups is 1. The highest BCUT2D eigenvalue weighted by Crippen LogP contribution is 2.20. The number of aryl methyl sites for hydroxylation is 1. The molecule has 0 atom stereocenters. The topological polar surface area (TPSA) is 117 Å². The number of rotatable bonds is 9. The molecule has 0 fully saturated rings. The summed E-state index contributed by atoms with van der Waals surface area (Å²) in [6.07, 6.45) is 0.381. The maximum Gasteiger partial charge on any atom is 0.419 e. The molecular formula is C24H22N2O7S. The van der Waals surface area contributed by atoms with Crippen LogP contribution in [0.4, 0.5) is 5.69 Å². The van der Waals surface area contributed by atoms with E-state index in [1.165, 1.54) is 35.9 Å². The number of aromatic nitrogens is 1. The number of para-hydroxylation sites is 2. The lowest BCUT2D eigenvalue weighted by atomic mass is 10.2. The molecule has 1 aromatic heterocycles. The van der Waals surface area contributed by atoms with Crippen molar-refractivity contribution in [1.82, 2.24) is 4.57 Å². The number of benzene rings is 3. The summed E-state index contributed by atoms with van der Waals surface area (Å²) in [7, 11) is -2.40. The highest BCUT2D eigenvalue weighted by atomic mass is 32.2. The first-order valence-corrected chi connectivity index (χ1v) is 11.9. The van der Waals surface area contributed by atoms with Gasteiger partial charge < -0.3 is 13.9 Å². The van der Waals surface area contributed by atoms with Crippen LogP contribution >= 0.6 is 0 Å². The molecule has 176 valence electrons. The van der Waals surface area contributed by atoms with E-state index in [1.807, 2.05) is 0 Å². The second-order valence-corrected chi connectivity index (χ2v) is 9.02. The molecule has 1 N–H and O–H groups in total. The zero-order valence-electron chi connectivity index (χ0n) is 18.3. The number of hydrogen-bond acceptors (Lipinski definition) is 7. The Morgan fingerprint density at radius 1 is 1.03 bits per heavy atom. The minimum Gasteiger partial charge on any atom is -0.497 e. The first kappa shape index (κ1) is 23.1. The molecule has 10 heteroatoms. The number of anilines is 1. The number of hydrogen-bond donors (Lipinski definition) is 1. The molecule has 9 nitrogen and oxygen atoms in total. The minimum absolute atomic E-state index is 0.0475. The molecule has 0 saturated heterocycles. The van der Waals surface area contributed by atoms with E-state index in [2.05, 4.69) is 4.72 Å². The minimum atomic E-state index is -3.92. The Labute approximate surface area is 195 Å². The van der Waals surface area contributed by atoms with Crippen molar-refractivity contribution in [1.29, 1.82) is 0 Å². The third-order valence-electron chi connectivity index (χ3n) is 5.06.